The molecule has 2 rings (SSSR count). The van der Waals surface area contributed by atoms with E-state index in [2.05, 4.69) is 15.0 Å². The summed E-state index contributed by atoms with van der Waals surface area (Å²) < 4.78 is 4.60. The van der Waals surface area contributed by atoms with E-state index in [9.17, 15) is 4.79 Å². The molecule has 2 aromatic rings. The van der Waals surface area contributed by atoms with E-state index in [0.717, 1.165) is 5.56 Å². The van der Waals surface area contributed by atoms with Gasteiger partial charge in [-0.05, 0) is 17.7 Å². The third-order valence-corrected chi connectivity index (χ3v) is 2.03. The first-order valence-electron chi connectivity index (χ1n) is 4.78. The molecule has 0 spiro atoms. The molecule has 5 nitrogen and oxygen atoms in total. The van der Waals surface area contributed by atoms with Gasteiger partial charge in [-0.15, -0.1) is 0 Å². The average Bonchev–Trinajstić information content (AvgIpc) is 2.70. The third kappa shape index (κ3) is 2.60. The van der Waals surface area contributed by atoms with Gasteiger partial charge in [0.2, 0.25) is 5.91 Å². The predicted octanol–water partition coefficient (Wildman–Crippen LogP) is 1.44. The van der Waals surface area contributed by atoms with E-state index in [-0.39, 0.29) is 12.3 Å². The molecule has 0 aliphatic rings. The maximum absolute atomic E-state index is 11.6. The highest BCUT2D eigenvalue weighted by Gasteiger charge is 2.05. The summed E-state index contributed by atoms with van der Waals surface area (Å²) in [7, 11) is 0. The number of rotatable bonds is 3. The molecular formula is C11H11N3O2. The Hall–Kier alpha value is -2.30. The molecule has 0 radical (unpaired) electrons. The minimum atomic E-state index is -0.131. The van der Waals surface area contributed by atoms with E-state index in [0.29, 0.717) is 11.4 Å². The summed E-state index contributed by atoms with van der Waals surface area (Å²) >= 11 is 0. The fourth-order valence-electron chi connectivity index (χ4n) is 1.36. The third-order valence-electron chi connectivity index (χ3n) is 2.03. The summed E-state index contributed by atoms with van der Waals surface area (Å²) in [6, 6.07) is 7.22. The van der Waals surface area contributed by atoms with Gasteiger partial charge in [0.05, 0.1) is 12.6 Å². The number of carbonyl (C=O) groups is 1. The molecule has 1 aromatic carbocycles. The average molecular weight is 217 g/mol. The van der Waals surface area contributed by atoms with Gasteiger partial charge in [-0.1, -0.05) is 17.3 Å². The number of amides is 1. The van der Waals surface area contributed by atoms with Crippen molar-refractivity contribution in [1.82, 2.24) is 5.16 Å². The van der Waals surface area contributed by atoms with Crippen LogP contribution in [0.2, 0.25) is 0 Å². The van der Waals surface area contributed by atoms with Crippen LogP contribution in [0, 0.1) is 0 Å². The Morgan fingerprint density at radius 1 is 1.50 bits per heavy atom. The topological polar surface area (TPSA) is 81.2 Å². The molecule has 0 aliphatic carbocycles. The predicted molar refractivity (Wildman–Crippen MR) is 59.7 cm³/mol. The number of nitrogens with one attached hydrogen (secondary N) is 1. The van der Waals surface area contributed by atoms with Crippen molar-refractivity contribution in [2.24, 2.45) is 0 Å². The maximum atomic E-state index is 11.6. The van der Waals surface area contributed by atoms with Gasteiger partial charge in [-0.25, -0.2) is 0 Å². The molecule has 0 saturated heterocycles. The van der Waals surface area contributed by atoms with Crippen molar-refractivity contribution < 1.29 is 9.32 Å². The molecule has 82 valence electrons. The smallest absolute Gasteiger partial charge is 0.228 e. The number of aromatic nitrogens is 1. The first kappa shape index (κ1) is 10.2. The Morgan fingerprint density at radius 2 is 2.38 bits per heavy atom. The Kier molecular flexibility index (Phi) is 2.86. The molecule has 1 amide bonds. The van der Waals surface area contributed by atoms with Crippen LogP contribution in [-0.2, 0) is 11.2 Å². The SMILES string of the molecule is Nc1cccc(CC(=O)Nc2cnoc2)c1. The second-order valence-corrected chi connectivity index (χ2v) is 3.38. The fraction of sp³-hybridized carbons (Fsp3) is 0.0909. The second kappa shape index (κ2) is 4.48. The quantitative estimate of drug-likeness (QED) is 0.762. The van der Waals surface area contributed by atoms with Crippen molar-refractivity contribution in [3.63, 3.8) is 0 Å². The summed E-state index contributed by atoms with van der Waals surface area (Å²) in [4.78, 5) is 11.6. The summed E-state index contributed by atoms with van der Waals surface area (Å²) in [6.45, 7) is 0. The zero-order chi connectivity index (χ0) is 11.4. The molecule has 0 saturated carbocycles. The molecule has 1 heterocycles. The maximum Gasteiger partial charge on any atom is 0.228 e. The van der Waals surface area contributed by atoms with Crippen LogP contribution < -0.4 is 11.1 Å². The number of carbonyl (C=O) groups excluding carboxylic acids is 1. The Morgan fingerprint density at radius 3 is 3.06 bits per heavy atom. The van der Waals surface area contributed by atoms with Crippen LogP contribution in [0.5, 0.6) is 0 Å². The monoisotopic (exact) mass is 217 g/mol. The lowest BCUT2D eigenvalue weighted by atomic mass is 10.1. The van der Waals surface area contributed by atoms with Crippen molar-refractivity contribution in [2.45, 2.75) is 6.42 Å². The van der Waals surface area contributed by atoms with E-state index < -0.39 is 0 Å². The van der Waals surface area contributed by atoms with Crippen molar-refractivity contribution in [3.8, 4) is 0 Å². The van der Waals surface area contributed by atoms with Gasteiger partial charge < -0.3 is 15.6 Å². The van der Waals surface area contributed by atoms with Crippen LogP contribution in [0.15, 0.2) is 41.2 Å². The molecule has 3 N–H and O–H groups in total. The normalized spacial score (nSPS) is 10.0. The number of anilines is 2. The first-order chi connectivity index (χ1) is 7.74. The lowest BCUT2D eigenvalue weighted by Crippen LogP contribution is -2.13. The Balaban J connectivity index is 1.97. The second-order valence-electron chi connectivity index (χ2n) is 3.38. The van der Waals surface area contributed by atoms with Crippen molar-refractivity contribution in [2.75, 3.05) is 11.1 Å². The van der Waals surface area contributed by atoms with Gasteiger partial charge in [0, 0.05) is 5.69 Å². The minimum Gasteiger partial charge on any atom is -0.399 e. The van der Waals surface area contributed by atoms with Gasteiger partial charge in [0.1, 0.15) is 12.0 Å². The summed E-state index contributed by atoms with van der Waals surface area (Å²) in [5.74, 6) is -0.131. The van der Waals surface area contributed by atoms with Crippen LogP contribution in [-0.4, -0.2) is 11.1 Å². The van der Waals surface area contributed by atoms with Gasteiger partial charge >= 0.3 is 0 Å². The molecule has 5 heteroatoms. The van der Waals surface area contributed by atoms with Gasteiger partial charge in [-0.3, -0.25) is 4.79 Å². The molecule has 0 bridgehead atoms. The van der Waals surface area contributed by atoms with Crippen molar-refractivity contribution >= 4 is 17.3 Å². The van der Waals surface area contributed by atoms with E-state index >= 15 is 0 Å². The highest BCUT2D eigenvalue weighted by Crippen LogP contribution is 2.09. The Labute approximate surface area is 92.2 Å². The van der Waals surface area contributed by atoms with Crippen molar-refractivity contribution in [3.05, 3.63) is 42.3 Å². The number of nitrogen functional groups attached to an aromatic ring is 1. The van der Waals surface area contributed by atoms with Gasteiger partial charge in [-0.2, -0.15) is 0 Å². The zero-order valence-corrected chi connectivity index (χ0v) is 8.51. The van der Waals surface area contributed by atoms with Gasteiger partial charge in [0.25, 0.3) is 0 Å². The molecule has 16 heavy (non-hydrogen) atoms. The number of nitrogens with zero attached hydrogens (tertiary/aromatic N) is 1. The Bertz CT molecular complexity index is 480. The number of nitrogens with two attached hydrogens (primary N) is 1. The minimum absolute atomic E-state index is 0.131. The lowest BCUT2D eigenvalue weighted by molar-refractivity contribution is -0.115. The molecule has 1 aromatic heterocycles. The highest BCUT2D eigenvalue weighted by atomic mass is 16.5. The zero-order valence-electron chi connectivity index (χ0n) is 8.51. The molecule has 0 aliphatic heterocycles. The van der Waals surface area contributed by atoms with Crippen LogP contribution in [0.3, 0.4) is 0 Å². The molecule has 0 atom stereocenters. The van der Waals surface area contributed by atoms with Crippen molar-refractivity contribution in [1.29, 1.82) is 0 Å². The van der Waals surface area contributed by atoms with Crippen LogP contribution in [0.1, 0.15) is 5.56 Å². The summed E-state index contributed by atoms with van der Waals surface area (Å²) in [6.07, 6.45) is 3.09. The molecule has 0 fully saturated rings. The van der Waals surface area contributed by atoms with E-state index in [1.54, 1.807) is 12.1 Å². The highest BCUT2D eigenvalue weighted by molar-refractivity contribution is 5.91. The number of hydrogen-bond acceptors (Lipinski definition) is 4. The molecular weight excluding hydrogens is 206 g/mol. The number of hydrogen-bond donors (Lipinski definition) is 2. The number of benzene rings is 1. The summed E-state index contributed by atoms with van der Waals surface area (Å²) in [5, 5.41) is 6.14. The molecule has 0 unspecified atom stereocenters. The summed E-state index contributed by atoms with van der Waals surface area (Å²) in [5.41, 5.74) is 7.68. The van der Waals surface area contributed by atoms with E-state index in [4.69, 9.17) is 5.73 Å². The standard InChI is InChI=1S/C11H11N3O2/c12-9-3-1-2-8(4-9)5-11(15)14-10-6-13-16-7-10/h1-4,6-7H,5,12H2,(H,14,15). The fourth-order valence-corrected chi connectivity index (χ4v) is 1.36. The van der Waals surface area contributed by atoms with Crippen LogP contribution >= 0.6 is 0 Å². The van der Waals surface area contributed by atoms with E-state index in [1.165, 1.54) is 12.5 Å². The van der Waals surface area contributed by atoms with Gasteiger partial charge in [0.15, 0.2) is 0 Å². The van der Waals surface area contributed by atoms with Crippen LogP contribution in [0.4, 0.5) is 11.4 Å². The van der Waals surface area contributed by atoms with E-state index in [1.807, 2.05) is 12.1 Å². The van der Waals surface area contributed by atoms with Crippen LogP contribution in [0.25, 0.3) is 0 Å². The lowest BCUT2D eigenvalue weighted by Gasteiger charge is -2.02. The first-order valence-corrected chi connectivity index (χ1v) is 4.78. The largest absolute Gasteiger partial charge is 0.399 e.